The third-order valence-corrected chi connectivity index (χ3v) is 4.15. The molecule has 2 rings (SSSR count). The van der Waals surface area contributed by atoms with Crippen LogP contribution in [0, 0.1) is 21.8 Å². The van der Waals surface area contributed by atoms with Crippen LogP contribution >= 0.6 is 22.6 Å². The maximum Gasteiger partial charge on any atom is 0.267 e. The van der Waals surface area contributed by atoms with Crippen LogP contribution in [-0.2, 0) is 4.79 Å². The van der Waals surface area contributed by atoms with Crippen molar-refractivity contribution in [2.24, 2.45) is 0 Å². The minimum absolute atomic E-state index is 0.0476. The highest BCUT2D eigenvalue weighted by Gasteiger charge is 2.10. The predicted molar refractivity (Wildman–Crippen MR) is 106 cm³/mol. The molecular formula is C19H16IN3O2. The van der Waals surface area contributed by atoms with E-state index in [0.717, 1.165) is 14.8 Å². The molecule has 0 saturated carbocycles. The molecule has 0 aliphatic carbocycles. The quantitative estimate of drug-likeness (QED) is 0.312. The summed E-state index contributed by atoms with van der Waals surface area (Å²) in [5.74, 6) is -0.568. The van der Waals surface area contributed by atoms with Crippen LogP contribution in [0.1, 0.15) is 22.8 Å². The van der Waals surface area contributed by atoms with Gasteiger partial charge in [0.2, 0.25) is 0 Å². The molecule has 0 unspecified atom stereocenters. The summed E-state index contributed by atoms with van der Waals surface area (Å²) < 4.78 is 1.11. The van der Waals surface area contributed by atoms with Crippen molar-refractivity contribution in [2.75, 3.05) is 10.6 Å². The van der Waals surface area contributed by atoms with E-state index in [9.17, 15) is 14.9 Å². The van der Waals surface area contributed by atoms with E-state index in [2.05, 4.69) is 33.2 Å². The topological polar surface area (TPSA) is 82.0 Å². The molecule has 2 aromatic carbocycles. The molecule has 2 N–H and O–H groups in total. The van der Waals surface area contributed by atoms with Crippen LogP contribution < -0.4 is 10.6 Å². The van der Waals surface area contributed by atoms with Crippen molar-refractivity contribution in [3.05, 3.63) is 68.9 Å². The van der Waals surface area contributed by atoms with E-state index in [1.807, 2.05) is 31.2 Å². The molecule has 0 fully saturated rings. The summed E-state index contributed by atoms with van der Waals surface area (Å²) in [6.07, 6.45) is 1.38. The maximum absolute atomic E-state index is 12.2. The van der Waals surface area contributed by atoms with Gasteiger partial charge in [-0.25, -0.2) is 0 Å². The Morgan fingerprint density at radius 3 is 2.40 bits per heavy atom. The number of ketones is 1. The van der Waals surface area contributed by atoms with Gasteiger partial charge < -0.3 is 10.6 Å². The second-order valence-corrected chi connectivity index (χ2v) is 6.61. The number of Topliss-reactive ketones (excluding diaryl/α,β-unsaturated/α-hetero) is 1. The first-order chi connectivity index (χ1) is 11.9. The molecule has 25 heavy (non-hydrogen) atoms. The summed E-state index contributed by atoms with van der Waals surface area (Å²) in [4.78, 5) is 23.5. The van der Waals surface area contributed by atoms with E-state index in [0.29, 0.717) is 11.3 Å². The summed E-state index contributed by atoms with van der Waals surface area (Å²) in [7, 11) is 0. The average Bonchev–Trinajstić information content (AvgIpc) is 2.57. The maximum atomic E-state index is 12.2. The zero-order valence-corrected chi connectivity index (χ0v) is 15.9. The molecule has 1 amide bonds. The Balaban J connectivity index is 2.09. The average molecular weight is 445 g/mol. The smallest absolute Gasteiger partial charge is 0.267 e. The summed E-state index contributed by atoms with van der Waals surface area (Å²) in [6, 6.07) is 14.2. The highest BCUT2D eigenvalue weighted by atomic mass is 127. The normalized spacial score (nSPS) is 10.7. The van der Waals surface area contributed by atoms with Gasteiger partial charge in [-0.05, 0) is 84.5 Å². The zero-order chi connectivity index (χ0) is 18.4. The number of nitrogens with one attached hydrogen (secondary N) is 2. The molecule has 2 aromatic rings. The lowest BCUT2D eigenvalue weighted by atomic mass is 10.1. The minimum atomic E-state index is -0.520. The Labute approximate surface area is 159 Å². The monoisotopic (exact) mass is 445 g/mol. The number of amides is 1. The van der Waals surface area contributed by atoms with E-state index >= 15 is 0 Å². The number of nitriles is 1. The number of carbonyl (C=O) groups excluding carboxylic acids is 2. The van der Waals surface area contributed by atoms with Gasteiger partial charge in [-0.2, -0.15) is 5.26 Å². The number of rotatable bonds is 5. The van der Waals surface area contributed by atoms with Crippen molar-refractivity contribution in [3.63, 3.8) is 0 Å². The van der Waals surface area contributed by atoms with Gasteiger partial charge in [-0.3, -0.25) is 9.59 Å². The van der Waals surface area contributed by atoms with Gasteiger partial charge in [0, 0.05) is 26.7 Å². The van der Waals surface area contributed by atoms with Gasteiger partial charge in [0.15, 0.2) is 5.78 Å². The van der Waals surface area contributed by atoms with Gasteiger partial charge in [0.1, 0.15) is 11.6 Å². The summed E-state index contributed by atoms with van der Waals surface area (Å²) in [6.45, 7) is 3.42. The number of halogens is 1. The standard InChI is InChI=1S/C19H16IN3O2/c1-12-9-16(20)5-8-18(12)22-11-15(10-21)19(25)23-17-6-3-14(4-7-17)13(2)24/h3-9,11,22H,1-2H3,(H,23,25)/b15-11-. The van der Waals surface area contributed by atoms with Gasteiger partial charge in [-0.15, -0.1) is 0 Å². The Morgan fingerprint density at radius 1 is 1.16 bits per heavy atom. The third-order valence-electron chi connectivity index (χ3n) is 3.47. The van der Waals surface area contributed by atoms with Crippen LogP contribution in [0.5, 0.6) is 0 Å². The first-order valence-corrected chi connectivity index (χ1v) is 8.54. The summed E-state index contributed by atoms with van der Waals surface area (Å²) >= 11 is 2.22. The molecule has 0 saturated heterocycles. The molecule has 0 aromatic heterocycles. The van der Waals surface area contributed by atoms with Crippen LogP contribution in [0.2, 0.25) is 0 Å². The molecule has 0 atom stereocenters. The van der Waals surface area contributed by atoms with Crippen molar-refractivity contribution in [2.45, 2.75) is 13.8 Å². The van der Waals surface area contributed by atoms with Crippen molar-refractivity contribution in [1.82, 2.24) is 0 Å². The van der Waals surface area contributed by atoms with Gasteiger partial charge >= 0.3 is 0 Å². The second kappa shape index (κ2) is 8.44. The molecular weight excluding hydrogens is 429 g/mol. The van der Waals surface area contributed by atoms with E-state index in [4.69, 9.17) is 0 Å². The molecule has 0 bridgehead atoms. The molecule has 0 aliphatic rings. The fourth-order valence-electron chi connectivity index (χ4n) is 2.07. The van der Waals surface area contributed by atoms with Gasteiger partial charge in [-0.1, -0.05) is 0 Å². The SMILES string of the molecule is CC(=O)c1ccc(NC(=O)/C(C#N)=C\Nc2ccc(I)cc2C)cc1. The first-order valence-electron chi connectivity index (χ1n) is 7.46. The summed E-state index contributed by atoms with van der Waals surface area (Å²) in [5, 5.41) is 14.8. The molecule has 126 valence electrons. The third kappa shape index (κ3) is 5.16. The fraction of sp³-hybridized carbons (Fsp3) is 0.105. The summed E-state index contributed by atoms with van der Waals surface area (Å²) in [5.41, 5.74) is 2.87. The highest BCUT2D eigenvalue weighted by Crippen LogP contribution is 2.18. The van der Waals surface area contributed by atoms with E-state index < -0.39 is 5.91 Å². The lowest BCUT2D eigenvalue weighted by molar-refractivity contribution is -0.112. The Bertz CT molecular complexity index is 881. The molecule has 5 nitrogen and oxygen atoms in total. The van der Waals surface area contributed by atoms with Crippen molar-refractivity contribution in [3.8, 4) is 6.07 Å². The van der Waals surface area contributed by atoms with E-state index in [1.54, 1.807) is 24.3 Å². The second-order valence-electron chi connectivity index (χ2n) is 5.36. The van der Waals surface area contributed by atoms with Crippen LogP contribution in [0.15, 0.2) is 54.2 Å². The Kier molecular flexibility index (Phi) is 6.31. The number of aryl methyl sites for hydroxylation is 1. The lowest BCUT2D eigenvalue weighted by Crippen LogP contribution is -2.14. The molecule has 0 heterocycles. The Hall–Kier alpha value is -2.66. The van der Waals surface area contributed by atoms with Crippen LogP contribution in [0.4, 0.5) is 11.4 Å². The number of hydrogen-bond donors (Lipinski definition) is 2. The number of carbonyl (C=O) groups is 2. The molecule has 0 radical (unpaired) electrons. The molecule has 6 heteroatoms. The lowest BCUT2D eigenvalue weighted by Gasteiger charge is -2.08. The molecule has 0 aliphatic heterocycles. The number of nitrogens with zero attached hydrogens (tertiary/aromatic N) is 1. The van der Waals surface area contributed by atoms with Crippen molar-refractivity contribution < 1.29 is 9.59 Å². The number of benzene rings is 2. The van der Waals surface area contributed by atoms with E-state index in [1.165, 1.54) is 13.1 Å². The fourth-order valence-corrected chi connectivity index (χ4v) is 2.72. The van der Waals surface area contributed by atoms with Crippen LogP contribution in [0.3, 0.4) is 0 Å². The van der Waals surface area contributed by atoms with Crippen molar-refractivity contribution >= 4 is 45.7 Å². The van der Waals surface area contributed by atoms with Crippen LogP contribution in [-0.4, -0.2) is 11.7 Å². The van der Waals surface area contributed by atoms with Gasteiger partial charge in [0.05, 0.1) is 0 Å². The first kappa shape index (κ1) is 18.7. The van der Waals surface area contributed by atoms with E-state index in [-0.39, 0.29) is 11.4 Å². The van der Waals surface area contributed by atoms with Gasteiger partial charge in [0.25, 0.3) is 5.91 Å². The predicted octanol–water partition coefficient (Wildman–Crippen LogP) is 4.26. The zero-order valence-electron chi connectivity index (χ0n) is 13.8. The Morgan fingerprint density at radius 2 is 1.84 bits per heavy atom. The molecule has 0 spiro atoms. The highest BCUT2D eigenvalue weighted by molar-refractivity contribution is 14.1. The minimum Gasteiger partial charge on any atom is -0.360 e. The van der Waals surface area contributed by atoms with Crippen LogP contribution in [0.25, 0.3) is 0 Å². The largest absolute Gasteiger partial charge is 0.360 e. The van der Waals surface area contributed by atoms with Crippen molar-refractivity contribution in [1.29, 1.82) is 5.26 Å². The number of anilines is 2. The number of hydrogen-bond acceptors (Lipinski definition) is 4.